The van der Waals surface area contributed by atoms with Gasteiger partial charge in [0, 0.05) is 0 Å². The number of para-hydroxylation sites is 1. The van der Waals surface area contributed by atoms with E-state index in [0.29, 0.717) is 11.4 Å². The molecular formula is C20H24N2O5. The molecule has 0 spiro atoms. The number of carbonyl (C=O) groups excluding carboxylic acids is 3. The van der Waals surface area contributed by atoms with E-state index in [1.165, 1.54) is 13.0 Å². The van der Waals surface area contributed by atoms with Gasteiger partial charge in [-0.25, -0.2) is 4.79 Å². The number of ketones is 1. The van der Waals surface area contributed by atoms with E-state index in [4.69, 9.17) is 9.47 Å². The van der Waals surface area contributed by atoms with Gasteiger partial charge in [0.25, 0.3) is 0 Å². The van der Waals surface area contributed by atoms with Crippen molar-refractivity contribution in [3.05, 3.63) is 53.3 Å². The summed E-state index contributed by atoms with van der Waals surface area (Å²) in [7, 11) is 0. The fourth-order valence-corrected chi connectivity index (χ4v) is 2.77. The molecule has 7 heteroatoms. The zero-order valence-corrected chi connectivity index (χ0v) is 15.9. The molecular weight excluding hydrogens is 348 g/mol. The van der Waals surface area contributed by atoms with Crippen molar-refractivity contribution in [3.63, 3.8) is 0 Å². The number of anilines is 1. The van der Waals surface area contributed by atoms with E-state index in [9.17, 15) is 14.4 Å². The average molecular weight is 372 g/mol. The molecule has 7 nitrogen and oxygen atoms in total. The lowest BCUT2D eigenvalue weighted by atomic mass is 10.0. The Labute approximate surface area is 158 Å². The van der Waals surface area contributed by atoms with Crippen molar-refractivity contribution in [2.45, 2.75) is 33.6 Å². The van der Waals surface area contributed by atoms with Crippen molar-refractivity contribution in [1.29, 1.82) is 0 Å². The molecule has 0 fully saturated rings. The zero-order valence-electron chi connectivity index (χ0n) is 15.9. The highest BCUT2D eigenvalue weighted by Gasteiger charge is 2.33. The standard InChI is InChI=1S/C20H24N2O5/c1-5-26-19(24)16-12-17(18(14(4)23)20(25)27-6-2)22(13(16)3)21-15-10-8-7-9-11-15/h7-12,18,21H,5-6H2,1-4H3. The third-order valence-corrected chi connectivity index (χ3v) is 4.01. The minimum Gasteiger partial charge on any atom is -0.465 e. The van der Waals surface area contributed by atoms with Crippen LogP contribution in [0.5, 0.6) is 0 Å². The number of aromatic nitrogens is 1. The van der Waals surface area contributed by atoms with Gasteiger partial charge >= 0.3 is 11.9 Å². The molecule has 2 aromatic rings. The molecule has 0 amide bonds. The fraction of sp³-hybridized carbons (Fsp3) is 0.350. The Bertz CT molecular complexity index is 826. The quantitative estimate of drug-likeness (QED) is 0.566. The number of benzene rings is 1. The van der Waals surface area contributed by atoms with E-state index in [-0.39, 0.29) is 24.6 Å². The molecule has 1 aromatic carbocycles. The topological polar surface area (TPSA) is 86.6 Å². The van der Waals surface area contributed by atoms with Crippen LogP contribution >= 0.6 is 0 Å². The van der Waals surface area contributed by atoms with Gasteiger partial charge in [0.05, 0.1) is 35.9 Å². The molecule has 0 aliphatic heterocycles. The van der Waals surface area contributed by atoms with Gasteiger partial charge in [-0.2, -0.15) is 0 Å². The lowest BCUT2D eigenvalue weighted by molar-refractivity contribution is -0.147. The molecule has 1 atom stereocenters. The Kier molecular flexibility index (Phi) is 6.76. The maximum absolute atomic E-state index is 12.4. The highest BCUT2D eigenvalue weighted by atomic mass is 16.5. The van der Waals surface area contributed by atoms with Gasteiger partial charge in [-0.1, -0.05) is 18.2 Å². The van der Waals surface area contributed by atoms with E-state index >= 15 is 0 Å². The smallest absolute Gasteiger partial charge is 0.340 e. The SMILES string of the molecule is CCOC(=O)c1cc(C(C(C)=O)C(=O)OCC)n(Nc2ccccc2)c1C. The van der Waals surface area contributed by atoms with Crippen molar-refractivity contribution in [2.75, 3.05) is 18.6 Å². The largest absolute Gasteiger partial charge is 0.465 e. The molecule has 1 N–H and O–H groups in total. The summed E-state index contributed by atoms with van der Waals surface area (Å²) in [6.07, 6.45) is 0. The predicted molar refractivity (Wildman–Crippen MR) is 101 cm³/mol. The average Bonchev–Trinajstić information content (AvgIpc) is 2.93. The van der Waals surface area contributed by atoms with Crippen molar-refractivity contribution in [1.82, 2.24) is 4.68 Å². The van der Waals surface area contributed by atoms with Crippen LogP contribution in [-0.2, 0) is 19.1 Å². The number of nitrogens with one attached hydrogen (secondary N) is 1. The first kappa shape index (κ1) is 20.2. The van der Waals surface area contributed by atoms with Crippen molar-refractivity contribution in [3.8, 4) is 0 Å². The van der Waals surface area contributed by atoms with E-state index in [1.54, 1.807) is 25.4 Å². The molecule has 144 valence electrons. The van der Waals surface area contributed by atoms with E-state index in [0.717, 1.165) is 5.69 Å². The van der Waals surface area contributed by atoms with Crippen LogP contribution in [0.4, 0.5) is 5.69 Å². The van der Waals surface area contributed by atoms with Crippen molar-refractivity contribution in [2.24, 2.45) is 0 Å². The first-order valence-electron chi connectivity index (χ1n) is 8.79. The van der Waals surface area contributed by atoms with E-state index < -0.39 is 17.9 Å². The van der Waals surface area contributed by atoms with Crippen LogP contribution in [0.3, 0.4) is 0 Å². The third-order valence-electron chi connectivity index (χ3n) is 4.01. The highest BCUT2D eigenvalue weighted by molar-refractivity contribution is 6.04. The lowest BCUT2D eigenvalue weighted by Gasteiger charge is -2.18. The summed E-state index contributed by atoms with van der Waals surface area (Å²) < 4.78 is 11.7. The van der Waals surface area contributed by atoms with Crippen LogP contribution in [0.15, 0.2) is 36.4 Å². The second kappa shape index (κ2) is 9.02. The third kappa shape index (κ3) is 4.55. The first-order valence-corrected chi connectivity index (χ1v) is 8.79. The first-order chi connectivity index (χ1) is 12.9. The second-order valence-electron chi connectivity index (χ2n) is 5.90. The monoisotopic (exact) mass is 372 g/mol. The normalized spacial score (nSPS) is 11.6. The van der Waals surface area contributed by atoms with Gasteiger partial charge in [-0.15, -0.1) is 0 Å². The maximum atomic E-state index is 12.4. The predicted octanol–water partition coefficient (Wildman–Crippen LogP) is 3.08. The van der Waals surface area contributed by atoms with Gasteiger partial charge in [0.15, 0.2) is 5.92 Å². The summed E-state index contributed by atoms with van der Waals surface area (Å²) in [5.74, 6) is -2.70. The Morgan fingerprint density at radius 1 is 1.07 bits per heavy atom. The molecule has 1 unspecified atom stereocenters. The molecule has 1 heterocycles. The molecule has 27 heavy (non-hydrogen) atoms. The van der Waals surface area contributed by atoms with Gasteiger partial charge in [0.1, 0.15) is 5.78 Å². The lowest BCUT2D eigenvalue weighted by Crippen LogP contribution is -2.27. The summed E-state index contributed by atoms with van der Waals surface area (Å²) in [5, 5.41) is 0. The van der Waals surface area contributed by atoms with Crippen LogP contribution < -0.4 is 5.43 Å². The maximum Gasteiger partial charge on any atom is 0.340 e. The molecule has 0 aliphatic carbocycles. The van der Waals surface area contributed by atoms with E-state index in [1.807, 2.05) is 30.3 Å². The second-order valence-corrected chi connectivity index (χ2v) is 5.90. The minimum atomic E-state index is -1.15. The number of carbonyl (C=O) groups is 3. The van der Waals surface area contributed by atoms with Crippen LogP contribution in [-0.4, -0.2) is 35.6 Å². The summed E-state index contributed by atoms with van der Waals surface area (Å²) in [5.41, 5.74) is 5.01. The molecule has 1 aromatic heterocycles. The van der Waals surface area contributed by atoms with Gasteiger partial charge in [-0.3, -0.25) is 19.7 Å². The Morgan fingerprint density at radius 2 is 1.70 bits per heavy atom. The summed E-state index contributed by atoms with van der Waals surface area (Å²) >= 11 is 0. The molecule has 0 saturated carbocycles. The number of esters is 2. The number of hydrogen-bond acceptors (Lipinski definition) is 6. The van der Waals surface area contributed by atoms with Gasteiger partial charge < -0.3 is 9.47 Å². The summed E-state index contributed by atoms with van der Waals surface area (Å²) in [6, 6.07) is 10.7. The summed E-state index contributed by atoms with van der Waals surface area (Å²) in [6.45, 7) is 6.79. The zero-order chi connectivity index (χ0) is 20.0. The number of Topliss-reactive ketones (excluding diaryl/α,β-unsaturated/α-hetero) is 1. The number of ether oxygens (including phenoxy) is 2. The molecule has 0 radical (unpaired) electrons. The van der Waals surface area contributed by atoms with Crippen LogP contribution in [0.2, 0.25) is 0 Å². The number of rotatable bonds is 8. The van der Waals surface area contributed by atoms with Crippen molar-refractivity contribution >= 4 is 23.4 Å². The molecule has 2 rings (SSSR count). The van der Waals surface area contributed by atoms with Crippen LogP contribution in [0.25, 0.3) is 0 Å². The Balaban J connectivity index is 2.58. The Morgan fingerprint density at radius 3 is 2.26 bits per heavy atom. The molecule has 0 aliphatic rings. The number of hydrogen-bond donors (Lipinski definition) is 1. The highest BCUT2D eigenvalue weighted by Crippen LogP contribution is 2.26. The minimum absolute atomic E-state index is 0.152. The van der Waals surface area contributed by atoms with Crippen LogP contribution in [0, 0.1) is 6.92 Å². The van der Waals surface area contributed by atoms with Crippen LogP contribution in [0.1, 0.15) is 48.4 Å². The van der Waals surface area contributed by atoms with E-state index in [2.05, 4.69) is 5.43 Å². The summed E-state index contributed by atoms with van der Waals surface area (Å²) in [4.78, 5) is 36.9. The van der Waals surface area contributed by atoms with Gasteiger partial charge in [-0.05, 0) is 45.9 Å². The molecule has 0 bridgehead atoms. The van der Waals surface area contributed by atoms with Crippen molar-refractivity contribution < 1.29 is 23.9 Å². The molecule has 0 saturated heterocycles. The Hall–Kier alpha value is -3.09. The van der Waals surface area contributed by atoms with Gasteiger partial charge in [0.2, 0.25) is 0 Å². The number of nitrogens with zero attached hydrogens (tertiary/aromatic N) is 1. The fourth-order valence-electron chi connectivity index (χ4n) is 2.77.